The smallest absolute Gasteiger partial charge is 0.165 e. The van der Waals surface area contributed by atoms with Crippen LogP contribution in [-0.2, 0) is 0 Å². The van der Waals surface area contributed by atoms with Crippen molar-refractivity contribution in [2.45, 2.75) is 27.2 Å². The summed E-state index contributed by atoms with van der Waals surface area (Å²) in [7, 11) is 2.05. The Morgan fingerprint density at radius 2 is 1.89 bits per heavy atom. The van der Waals surface area contributed by atoms with Crippen molar-refractivity contribution in [2.24, 2.45) is 5.41 Å². The van der Waals surface area contributed by atoms with Crippen LogP contribution < -0.4 is 0 Å². The number of Topliss-reactive ketones (excluding diaryl/α,β-unsaturated/α-hetero) is 1. The Balaban J connectivity index is 2.50. The Kier molecular flexibility index (Phi) is 5.36. The van der Waals surface area contributed by atoms with Crippen molar-refractivity contribution in [3.63, 3.8) is 0 Å². The second kappa shape index (κ2) is 6.35. The summed E-state index contributed by atoms with van der Waals surface area (Å²) in [6.45, 7) is 8.32. The highest BCUT2D eigenvalue weighted by Crippen LogP contribution is 2.18. The molecule has 0 radical (unpaired) electrons. The van der Waals surface area contributed by atoms with Gasteiger partial charge in [0, 0.05) is 25.1 Å². The number of hydrogen-bond donors (Lipinski definition) is 0. The SMILES string of the molecule is CN(CCC(=O)c1ccccc1Cl)CC(C)(C)C. The Morgan fingerprint density at radius 1 is 1.28 bits per heavy atom. The molecule has 0 spiro atoms. The van der Waals surface area contributed by atoms with Gasteiger partial charge in [0.25, 0.3) is 0 Å². The lowest BCUT2D eigenvalue weighted by Gasteiger charge is -2.26. The molecule has 3 heteroatoms. The van der Waals surface area contributed by atoms with Gasteiger partial charge in [0.05, 0.1) is 5.02 Å². The molecule has 0 amide bonds. The molecule has 0 heterocycles. The molecule has 0 aromatic heterocycles. The lowest BCUT2D eigenvalue weighted by molar-refractivity contribution is 0.0961. The van der Waals surface area contributed by atoms with Crippen molar-refractivity contribution in [2.75, 3.05) is 20.1 Å². The van der Waals surface area contributed by atoms with E-state index >= 15 is 0 Å². The van der Waals surface area contributed by atoms with E-state index in [4.69, 9.17) is 11.6 Å². The zero-order chi connectivity index (χ0) is 13.8. The average molecular weight is 268 g/mol. The largest absolute Gasteiger partial charge is 0.305 e. The van der Waals surface area contributed by atoms with Gasteiger partial charge in [-0.05, 0) is 24.6 Å². The van der Waals surface area contributed by atoms with Crippen LogP contribution in [-0.4, -0.2) is 30.8 Å². The van der Waals surface area contributed by atoms with Gasteiger partial charge < -0.3 is 4.90 Å². The third-order valence-electron chi connectivity index (χ3n) is 2.64. The Morgan fingerprint density at radius 3 is 2.44 bits per heavy atom. The van der Waals surface area contributed by atoms with Gasteiger partial charge in [-0.25, -0.2) is 0 Å². The summed E-state index contributed by atoms with van der Waals surface area (Å²) in [4.78, 5) is 14.2. The summed E-state index contributed by atoms with van der Waals surface area (Å²) in [5.41, 5.74) is 0.880. The number of hydrogen-bond acceptors (Lipinski definition) is 2. The van der Waals surface area contributed by atoms with Crippen molar-refractivity contribution in [3.8, 4) is 0 Å². The van der Waals surface area contributed by atoms with Crippen LogP contribution in [0.15, 0.2) is 24.3 Å². The Hall–Kier alpha value is -0.860. The van der Waals surface area contributed by atoms with Crippen LogP contribution in [0.4, 0.5) is 0 Å². The normalized spacial score (nSPS) is 11.9. The zero-order valence-corrected chi connectivity index (χ0v) is 12.4. The predicted octanol–water partition coefficient (Wildman–Crippen LogP) is 3.89. The quantitative estimate of drug-likeness (QED) is 0.755. The summed E-state index contributed by atoms with van der Waals surface area (Å²) in [6.07, 6.45) is 0.510. The number of halogens is 1. The third-order valence-corrected chi connectivity index (χ3v) is 2.97. The van der Waals surface area contributed by atoms with E-state index in [1.807, 2.05) is 19.2 Å². The highest BCUT2D eigenvalue weighted by molar-refractivity contribution is 6.33. The van der Waals surface area contributed by atoms with Crippen molar-refractivity contribution in [3.05, 3.63) is 34.9 Å². The highest BCUT2D eigenvalue weighted by atomic mass is 35.5. The summed E-state index contributed by atoms with van der Waals surface area (Å²) >= 11 is 6.01. The van der Waals surface area contributed by atoms with Crippen molar-refractivity contribution >= 4 is 17.4 Å². The van der Waals surface area contributed by atoms with Gasteiger partial charge in [-0.3, -0.25) is 4.79 Å². The third kappa shape index (κ3) is 5.19. The van der Waals surface area contributed by atoms with Crippen LogP contribution in [0, 0.1) is 5.41 Å². The van der Waals surface area contributed by atoms with Crippen LogP contribution in [0.1, 0.15) is 37.6 Å². The first-order valence-electron chi connectivity index (χ1n) is 6.26. The summed E-state index contributed by atoms with van der Waals surface area (Å²) < 4.78 is 0. The van der Waals surface area contributed by atoms with E-state index in [0.717, 1.165) is 13.1 Å². The van der Waals surface area contributed by atoms with Gasteiger partial charge >= 0.3 is 0 Å². The molecule has 1 rings (SSSR count). The zero-order valence-electron chi connectivity index (χ0n) is 11.7. The van der Waals surface area contributed by atoms with Gasteiger partial charge in [0.15, 0.2) is 5.78 Å². The molecule has 1 aromatic rings. The first-order chi connectivity index (χ1) is 8.29. The molecule has 2 nitrogen and oxygen atoms in total. The first-order valence-corrected chi connectivity index (χ1v) is 6.64. The van der Waals surface area contributed by atoms with Crippen LogP contribution >= 0.6 is 11.6 Å². The number of nitrogens with zero attached hydrogens (tertiary/aromatic N) is 1. The number of rotatable bonds is 5. The minimum atomic E-state index is 0.112. The Labute approximate surface area is 115 Å². The molecule has 0 aliphatic rings. The molecule has 0 unspecified atom stereocenters. The Bertz CT molecular complexity index is 409. The standard InChI is InChI=1S/C15H22ClNO/c1-15(2,3)11-17(4)10-9-14(18)12-7-5-6-8-13(12)16/h5-8H,9-11H2,1-4H3. The molecule has 0 aliphatic carbocycles. The fourth-order valence-corrected chi connectivity index (χ4v) is 2.24. The van der Waals surface area contributed by atoms with Crippen molar-refractivity contribution in [1.82, 2.24) is 4.90 Å². The molecule has 0 aliphatic heterocycles. The van der Waals surface area contributed by atoms with Crippen LogP contribution in [0.2, 0.25) is 5.02 Å². The molecular formula is C15H22ClNO. The maximum Gasteiger partial charge on any atom is 0.165 e. The van der Waals surface area contributed by atoms with E-state index < -0.39 is 0 Å². The summed E-state index contributed by atoms with van der Waals surface area (Å²) in [5, 5.41) is 0.543. The second-order valence-corrected chi connectivity index (χ2v) is 6.36. The molecule has 0 N–H and O–H groups in total. The maximum absolute atomic E-state index is 12.0. The van der Waals surface area contributed by atoms with Crippen molar-refractivity contribution < 1.29 is 4.79 Å². The minimum Gasteiger partial charge on any atom is -0.305 e. The minimum absolute atomic E-state index is 0.112. The maximum atomic E-state index is 12.0. The lowest BCUT2D eigenvalue weighted by atomic mass is 9.96. The van der Waals surface area contributed by atoms with Crippen LogP contribution in [0.3, 0.4) is 0 Å². The number of carbonyl (C=O) groups excluding carboxylic acids is 1. The van der Waals surface area contributed by atoms with E-state index in [1.54, 1.807) is 12.1 Å². The first kappa shape index (κ1) is 15.2. The topological polar surface area (TPSA) is 20.3 Å². The fourth-order valence-electron chi connectivity index (χ4n) is 2.00. The van der Waals surface area contributed by atoms with Gasteiger partial charge in [-0.1, -0.05) is 44.5 Å². The number of benzene rings is 1. The summed E-state index contributed by atoms with van der Waals surface area (Å²) in [5.74, 6) is 0.112. The molecule has 0 bridgehead atoms. The van der Waals surface area contributed by atoms with Gasteiger partial charge in [0.1, 0.15) is 0 Å². The fraction of sp³-hybridized carbons (Fsp3) is 0.533. The van der Waals surface area contributed by atoms with Crippen molar-refractivity contribution in [1.29, 1.82) is 0 Å². The molecule has 0 saturated heterocycles. The molecule has 100 valence electrons. The molecule has 18 heavy (non-hydrogen) atoms. The van der Waals surface area contributed by atoms with E-state index in [1.165, 1.54) is 0 Å². The van der Waals surface area contributed by atoms with Gasteiger partial charge in [0.2, 0.25) is 0 Å². The molecule has 0 fully saturated rings. The molecule has 0 atom stereocenters. The van der Waals surface area contributed by atoms with E-state index in [-0.39, 0.29) is 11.2 Å². The van der Waals surface area contributed by atoms with E-state index in [2.05, 4.69) is 25.7 Å². The molecule has 1 aromatic carbocycles. The van der Waals surface area contributed by atoms with Gasteiger partial charge in [-0.15, -0.1) is 0 Å². The van der Waals surface area contributed by atoms with E-state index in [0.29, 0.717) is 17.0 Å². The van der Waals surface area contributed by atoms with Gasteiger partial charge in [-0.2, -0.15) is 0 Å². The van der Waals surface area contributed by atoms with Crippen LogP contribution in [0.25, 0.3) is 0 Å². The summed E-state index contributed by atoms with van der Waals surface area (Å²) in [6, 6.07) is 7.23. The lowest BCUT2D eigenvalue weighted by Crippen LogP contribution is -2.31. The van der Waals surface area contributed by atoms with E-state index in [9.17, 15) is 4.79 Å². The monoisotopic (exact) mass is 267 g/mol. The molecule has 0 saturated carbocycles. The average Bonchev–Trinajstić information content (AvgIpc) is 2.24. The predicted molar refractivity (Wildman–Crippen MR) is 77.4 cm³/mol. The number of carbonyl (C=O) groups is 1. The molecular weight excluding hydrogens is 246 g/mol. The highest BCUT2D eigenvalue weighted by Gasteiger charge is 2.15. The number of ketones is 1. The second-order valence-electron chi connectivity index (χ2n) is 5.95. The van der Waals surface area contributed by atoms with Crippen LogP contribution in [0.5, 0.6) is 0 Å².